The van der Waals surface area contributed by atoms with Crippen molar-refractivity contribution in [3.63, 3.8) is 0 Å². The third kappa shape index (κ3) is 4.30. The van der Waals surface area contributed by atoms with E-state index in [0.29, 0.717) is 16.7 Å². The molecule has 2 N–H and O–H groups in total. The number of halogens is 4. The third-order valence-electron chi connectivity index (χ3n) is 5.07. The first-order chi connectivity index (χ1) is 14.8. The number of carbonyl (C=O) groups is 1. The van der Waals surface area contributed by atoms with Gasteiger partial charge in [-0.1, -0.05) is 26.8 Å². The molecule has 6 nitrogen and oxygen atoms in total. The Kier molecular flexibility index (Phi) is 5.99. The van der Waals surface area contributed by atoms with Gasteiger partial charge in [-0.25, -0.2) is 26.9 Å². The molecule has 3 aromatic rings. The highest BCUT2D eigenvalue weighted by Gasteiger charge is 2.36. The van der Waals surface area contributed by atoms with Crippen LogP contribution in [0.25, 0.3) is 10.9 Å². The summed E-state index contributed by atoms with van der Waals surface area (Å²) in [6, 6.07) is 1.81. The first kappa shape index (κ1) is 23.2. The smallest absolute Gasteiger partial charge is 0.329 e. The molecule has 2 atom stereocenters. The molecule has 0 fully saturated rings. The van der Waals surface area contributed by atoms with Gasteiger partial charge in [0.1, 0.15) is 23.5 Å². The van der Waals surface area contributed by atoms with Crippen LogP contribution in [0.15, 0.2) is 39.9 Å². The quantitative estimate of drug-likeness (QED) is 0.594. The van der Waals surface area contributed by atoms with Crippen molar-refractivity contribution in [2.45, 2.75) is 39.8 Å². The number of aromatic nitrogens is 2. The lowest BCUT2D eigenvalue weighted by molar-refractivity contribution is -0.128. The molecule has 0 spiro atoms. The van der Waals surface area contributed by atoms with E-state index in [1.54, 1.807) is 20.8 Å². The fourth-order valence-corrected chi connectivity index (χ4v) is 3.61. The van der Waals surface area contributed by atoms with Crippen molar-refractivity contribution in [1.29, 1.82) is 0 Å². The Morgan fingerprint density at radius 3 is 2.22 bits per heavy atom. The summed E-state index contributed by atoms with van der Waals surface area (Å²) in [5, 5.41) is 2.08. The van der Waals surface area contributed by atoms with Crippen molar-refractivity contribution in [1.82, 2.24) is 14.9 Å². The van der Waals surface area contributed by atoms with Gasteiger partial charge in [0.25, 0.3) is 5.56 Å². The van der Waals surface area contributed by atoms with Gasteiger partial charge >= 0.3 is 5.69 Å². The number of hydrogen-bond donors (Lipinski definition) is 2. The molecule has 2 aromatic carbocycles. The number of fused-ring (bicyclic) bond motifs is 1. The molecule has 0 saturated heterocycles. The summed E-state index contributed by atoms with van der Waals surface area (Å²) in [5.41, 5.74) is -3.62. The zero-order valence-corrected chi connectivity index (χ0v) is 17.7. The van der Waals surface area contributed by atoms with Crippen LogP contribution >= 0.6 is 0 Å². The summed E-state index contributed by atoms with van der Waals surface area (Å²) in [5.74, 6) is -4.62. The number of rotatable bonds is 4. The van der Waals surface area contributed by atoms with E-state index < -0.39 is 68.8 Å². The maximum Gasteiger partial charge on any atom is 0.329 e. The fourth-order valence-electron chi connectivity index (χ4n) is 3.61. The van der Waals surface area contributed by atoms with E-state index in [-0.39, 0.29) is 5.56 Å². The third-order valence-corrected chi connectivity index (χ3v) is 5.07. The Hall–Kier alpha value is -3.43. The lowest BCUT2D eigenvalue weighted by atomic mass is 9.85. The van der Waals surface area contributed by atoms with E-state index in [2.05, 4.69) is 10.3 Å². The Morgan fingerprint density at radius 1 is 1.00 bits per heavy atom. The van der Waals surface area contributed by atoms with E-state index in [1.165, 1.54) is 13.0 Å². The minimum Gasteiger partial charge on any atom is -0.348 e. The van der Waals surface area contributed by atoms with E-state index in [0.717, 1.165) is 12.1 Å². The average Bonchev–Trinajstić information content (AvgIpc) is 2.64. The number of hydrogen-bond acceptors (Lipinski definition) is 3. The summed E-state index contributed by atoms with van der Waals surface area (Å²) in [4.78, 5) is 41.1. The van der Waals surface area contributed by atoms with E-state index in [1.807, 2.05) is 0 Å². The van der Waals surface area contributed by atoms with Crippen molar-refractivity contribution in [3.8, 4) is 0 Å². The average molecular weight is 451 g/mol. The van der Waals surface area contributed by atoms with Gasteiger partial charge in [-0.3, -0.25) is 9.59 Å². The minimum absolute atomic E-state index is 0.00341. The Labute approximate surface area is 179 Å². The van der Waals surface area contributed by atoms with Gasteiger partial charge in [0.15, 0.2) is 5.82 Å². The Balaban J connectivity index is 2.11. The molecule has 3 rings (SSSR count). The lowest BCUT2D eigenvalue weighted by Gasteiger charge is -2.31. The largest absolute Gasteiger partial charge is 0.348 e. The number of carbonyl (C=O) groups excluding carboxylic acids is 1. The first-order valence-electron chi connectivity index (χ1n) is 9.70. The number of nitrogens with zero attached hydrogens (tertiary/aromatic N) is 1. The normalized spacial score (nSPS) is 13.8. The van der Waals surface area contributed by atoms with Gasteiger partial charge in [0.05, 0.1) is 16.9 Å². The number of benzene rings is 2. The molecular formula is C22H21F4N3O3. The monoisotopic (exact) mass is 451 g/mol. The summed E-state index contributed by atoms with van der Waals surface area (Å²) < 4.78 is 55.7. The van der Waals surface area contributed by atoms with Crippen LogP contribution in [0.5, 0.6) is 0 Å². The van der Waals surface area contributed by atoms with E-state index in [4.69, 9.17) is 0 Å². The molecule has 32 heavy (non-hydrogen) atoms. The van der Waals surface area contributed by atoms with Gasteiger partial charge in [-0.15, -0.1) is 0 Å². The fraction of sp³-hybridized carbons (Fsp3) is 0.318. The molecule has 0 radical (unpaired) electrons. The van der Waals surface area contributed by atoms with Crippen LogP contribution in [-0.4, -0.2) is 15.5 Å². The van der Waals surface area contributed by atoms with Crippen LogP contribution in [0.1, 0.15) is 45.3 Å². The van der Waals surface area contributed by atoms with Crippen LogP contribution in [0.3, 0.4) is 0 Å². The van der Waals surface area contributed by atoms with Crippen molar-refractivity contribution < 1.29 is 22.4 Å². The zero-order valence-electron chi connectivity index (χ0n) is 17.7. The van der Waals surface area contributed by atoms with E-state index >= 15 is 0 Å². The molecule has 1 heterocycles. The zero-order chi connectivity index (χ0) is 24.0. The van der Waals surface area contributed by atoms with Crippen LogP contribution < -0.4 is 16.6 Å². The Morgan fingerprint density at radius 2 is 1.62 bits per heavy atom. The second-order valence-corrected chi connectivity index (χ2v) is 8.58. The number of amides is 1. The predicted molar refractivity (Wildman–Crippen MR) is 110 cm³/mol. The first-order valence-corrected chi connectivity index (χ1v) is 9.70. The molecule has 1 amide bonds. The van der Waals surface area contributed by atoms with Gasteiger partial charge < -0.3 is 10.3 Å². The maximum atomic E-state index is 14.1. The predicted octanol–water partition coefficient (Wildman–Crippen LogP) is 3.71. The maximum absolute atomic E-state index is 14.1. The second-order valence-electron chi connectivity index (χ2n) is 8.58. The van der Waals surface area contributed by atoms with E-state index in [9.17, 15) is 31.9 Å². The van der Waals surface area contributed by atoms with Crippen LogP contribution in [-0.2, 0) is 4.79 Å². The summed E-state index contributed by atoms with van der Waals surface area (Å²) in [6.07, 6.45) is 0. The molecule has 0 aliphatic rings. The molecule has 0 unspecified atom stereocenters. The molecule has 0 aliphatic heterocycles. The highest BCUT2D eigenvalue weighted by atomic mass is 19.1. The summed E-state index contributed by atoms with van der Waals surface area (Å²) in [6.45, 7) is 6.21. The number of aromatic amines is 1. The molecule has 170 valence electrons. The second kappa shape index (κ2) is 8.25. The topological polar surface area (TPSA) is 84.0 Å². The molecule has 10 heteroatoms. The molecule has 0 aliphatic carbocycles. The van der Waals surface area contributed by atoms with Gasteiger partial charge in [-0.05, 0) is 24.5 Å². The van der Waals surface area contributed by atoms with Gasteiger partial charge in [0, 0.05) is 17.7 Å². The van der Waals surface area contributed by atoms with Crippen LogP contribution in [0, 0.1) is 28.7 Å². The highest BCUT2D eigenvalue weighted by Crippen LogP contribution is 2.30. The number of nitrogens with one attached hydrogen (secondary N) is 2. The van der Waals surface area contributed by atoms with Crippen molar-refractivity contribution in [3.05, 3.63) is 80.0 Å². The van der Waals surface area contributed by atoms with Gasteiger partial charge in [-0.2, -0.15) is 0 Å². The van der Waals surface area contributed by atoms with Crippen LogP contribution in [0.4, 0.5) is 17.6 Å². The highest BCUT2D eigenvalue weighted by molar-refractivity contribution is 5.83. The lowest BCUT2D eigenvalue weighted by Crippen LogP contribution is -2.49. The van der Waals surface area contributed by atoms with Crippen molar-refractivity contribution in [2.75, 3.05) is 0 Å². The number of H-pyrrole nitrogens is 1. The molecular weight excluding hydrogens is 430 g/mol. The minimum atomic E-state index is -1.42. The molecule has 0 bridgehead atoms. The Bertz CT molecular complexity index is 1320. The summed E-state index contributed by atoms with van der Waals surface area (Å²) in [7, 11) is 0. The summed E-state index contributed by atoms with van der Waals surface area (Å²) >= 11 is 0. The SMILES string of the molecule is C[C@H](NC(=O)[C@@H](n1c(=O)[nH]c2c(F)cc(F)cc2c1=O)C(C)(C)C)c1ccc(F)cc1F. The van der Waals surface area contributed by atoms with Crippen molar-refractivity contribution in [2.24, 2.45) is 5.41 Å². The van der Waals surface area contributed by atoms with Crippen LogP contribution in [0.2, 0.25) is 0 Å². The standard InChI is InChI=1S/C22H21F4N3O3/c1-10(13-6-5-11(23)8-15(13)25)27-19(30)18(22(2,3)4)29-20(31)14-7-12(24)9-16(26)17(14)28-21(29)32/h5-10,18H,1-4H3,(H,27,30)(H,28,32)/t10-,18+/m0/s1. The van der Waals surface area contributed by atoms with Gasteiger partial charge in [0.2, 0.25) is 5.91 Å². The molecule has 1 aromatic heterocycles. The van der Waals surface area contributed by atoms with Crippen molar-refractivity contribution >= 4 is 16.8 Å². The molecule has 0 saturated carbocycles.